The van der Waals surface area contributed by atoms with Gasteiger partial charge in [0.25, 0.3) is 0 Å². The monoisotopic (exact) mass is 351 g/mol. The molecule has 5 nitrogen and oxygen atoms in total. The van der Waals surface area contributed by atoms with Crippen LogP contribution >= 0.6 is 0 Å². The van der Waals surface area contributed by atoms with Crippen LogP contribution in [0.5, 0.6) is 0 Å². The summed E-state index contributed by atoms with van der Waals surface area (Å²) in [6.45, 7) is 5.93. The van der Waals surface area contributed by atoms with Crippen LogP contribution in [0.15, 0.2) is 53.1 Å². The first-order chi connectivity index (χ1) is 12.5. The maximum atomic E-state index is 12.5. The third-order valence-corrected chi connectivity index (χ3v) is 4.47. The Morgan fingerprint density at radius 1 is 1.04 bits per heavy atom. The topological polar surface area (TPSA) is 61.4 Å². The van der Waals surface area contributed by atoms with Crippen LogP contribution in [0.4, 0.5) is 0 Å². The largest absolute Gasteiger partial charge is 0.467 e. The molecule has 3 rings (SSSR count). The van der Waals surface area contributed by atoms with E-state index in [1.165, 1.54) is 0 Å². The fourth-order valence-corrected chi connectivity index (χ4v) is 2.97. The molecule has 134 valence electrons. The number of carbonyl (C=O) groups excluding carboxylic acids is 2. The smallest absolute Gasteiger partial charge is 0.338 e. The molecular formula is C21H21NO4. The van der Waals surface area contributed by atoms with Crippen molar-refractivity contribution in [3.05, 3.63) is 82.6 Å². The Hall–Kier alpha value is -3.08. The van der Waals surface area contributed by atoms with Gasteiger partial charge in [-0.3, -0.25) is 4.79 Å². The molecule has 0 radical (unpaired) electrons. The number of benzene rings is 1. The number of Topliss-reactive ketones (excluding diaryl/α,β-unsaturated/α-hetero) is 1. The Kier molecular flexibility index (Phi) is 5.07. The highest BCUT2D eigenvalue weighted by Gasteiger charge is 2.19. The average molecular weight is 351 g/mol. The van der Waals surface area contributed by atoms with Gasteiger partial charge in [-0.05, 0) is 50.6 Å². The summed E-state index contributed by atoms with van der Waals surface area (Å²) in [5.41, 5.74) is 3.64. The van der Waals surface area contributed by atoms with Gasteiger partial charge in [-0.25, -0.2) is 4.79 Å². The molecule has 0 unspecified atom stereocenters. The lowest BCUT2D eigenvalue weighted by molar-refractivity contribution is 0.0474. The molecule has 0 fully saturated rings. The zero-order valence-electron chi connectivity index (χ0n) is 15.1. The zero-order chi connectivity index (χ0) is 18.7. The first kappa shape index (κ1) is 17.7. The van der Waals surface area contributed by atoms with E-state index in [1.54, 1.807) is 18.4 Å². The molecule has 2 heterocycles. The quantitative estimate of drug-likeness (QED) is 0.496. The molecule has 0 spiro atoms. The summed E-state index contributed by atoms with van der Waals surface area (Å²) in [5, 5.41) is 0. The van der Waals surface area contributed by atoms with Crippen LogP contribution in [0.1, 0.15) is 43.4 Å². The van der Waals surface area contributed by atoms with E-state index < -0.39 is 5.97 Å². The lowest BCUT2D eigenvalue weighted by Crippen LogP contribution is -2.15. The molecule has 0 saturated heterocycles. The summed E-state index contributed by atoms with van der Waals surface area (Å²) in [7, 11) is 0. The summed E-state index contributed by atoms with van der Waals surface area (Å²) < 4.78 is 12.6. The summed E-state index contributed by atoms with van der Waals surface area (Å²) in [6.07, 6.45) is 1.63. The molecule has 0 aliphatic heterocycles. The fourth-order valence-electron chi connectivity index (χ4n) is 2.97. The summed E-state index contributed by atoms with van der Waals surface area (Å²) in [5.74, 6) is 0.114. The van der Waals surface area contributed by atoms with Gasteiger partial charge < -0.3 is 13.7 Å². The number of aryl methyl sites for hydroxylation is 2. The minimum absolute atomic E-state index is 0.217. The van der Waals surface area contributed by atoms with Crippen LogP contribution in [0.25, 0.3) is 0 Å². The van der Waals surface area contributed by atoms with E-state index in [9.17, 15) is 9.59 Å². The third kappa shape index (κ3) is 3.61. The normalized spacial score (nSPS) is 10.7. The molecule has 26 heavy (non-hydrogen) atoms. The van der Waals surface area contributed by atoms with Crippen molar-refractivity contribution >= 4 is 11.8 Å². The van der Waals surface area contributed by atoms with Crippen molar-refractivity contribution in [2.75, 3.05) is 6.61 Å². The predicted molar refractivity (Wildman–Crippen MR) is 97.5 cm³/mol. The van der Waals surface area contributed by atoms with Crippen LogP contribution in [0.3, 0.4) is 0 Å². The Labute approximate surface area is 152 Å². The second-order valence-electron chi connectivity index (χ2n) is 6.26. The third-order valence-electron chi connectivity index (χ3n) is 4.47. The lowest BCUT2D eigenvalue weighted by atomic mass is 10.1. The van der Waals surface area contributed by atoms with Gasteiger partial charge in [-0.1, -0.05) is 18.2 Å². The number of nitrogens with zero attached hydrogens (tertiary/aromatic N) is 1. The zero-order valence-corrected chi connectivity index (χ0v) is 15.1. The van der Waals surface area contributed by atoms with Crippen molar-refractivity contribution in [2.45, 2.75) is 27.3 Å². The van der Waals surface area contributed by atoms with Crippen molar-refractivity contribution in [2.24, 2.45) is 0 Å². The Morgan fingerprint density at radius 2 is 1.81 bits per heavy atom. The summed E-state index contributed by atoms with van der Waals surface area (Å²) in [4.78, 5) is 24.7. The van der Waals surface area contributed by atoms with E-state index in [0.717, 1.165) is 22.7 Å². The number of ketones is 1. The van der Waals surface area contributed by atoms with Gasteiger partial charge in [0.15, 0.2) is 6.61 Å². The molecule has 1 aromatic carbocycles. The number of ether oxygens (including phenoxy) is 1. The molecule has 0 amide bonds. The second kappa shape index (κ2) is 7.44. The molecule has 0 aliphatic rings. The summed E-state index contributed by atoms with van der Waals surface area (Å²) >= 11 is 0. The van der Waals surface area contributed by atoms with Gasteiger partial charge >= 0.3 is 5.97 Å². The van der Waals surface area contributed by atoms with Crippen molar-refractivity contribution in [1.82, 2.24) is 4.57 Å². The maximum absolute atomic E-state index is 12.5. The van der Waals surface area contributed by atoms with Crippen molar-refractivity contribution in [1.29, 1.82) is 0 Å². The molecule has 0 N–H and O–H groups in total. The highest BCUT2D eigenvalue weighted by atomic mass is 16.5. The van der Waals surface area contributed by atoms with Crippen molar-refractivity contribution < 1.29 is 18.7 Å². The molecule has 0 bridgehead atoms. The highest BCUT2D eigenvalue weighted by Crippen LogP contribution is 2.18. The number of rotatable bonds is 6. The number of hydrogen-bond acceptors (Lipinski definition) is 4. The molecule has 0 atom stereocenters. The Bertz CT molecular complexity index is 935. The maximum Gasteiger partial charge on any atom is 0.338 e. The van der Waals surface area contributed by atoms with Crippen LogP contribution in [-0.2, 0) is 11.3 Å². The van der Waals surface area contributed by atoms with Crippen LogP contribution in [0, 0.1) is 20.8 Å². The van der Waals surface area contributed by atoms with E-state index in [-0.39, 0.29) is 12.4 Å². The van der Waals surface area contributed by atoms with E-state index in [1.807, 2.05) is 55.7 Å². The van der Waals surface area contributed by atoms with Gasteiger partial charge in [-0.2, -0.15) is 0 Å². The summed E-state index contributed by atoms with van der Waals surface area (Å²) in [6, 6.07) is 12.7. The van der Waals surface area contributed by atoms with Gasteiger partial charge in [0.05, 0.1) is 18.4 Å². The number of furan rings is 1. The van der Waals surface area contributed by atoms with E-state index >= 15 is 0 Å². The number of carbonyl (C=O) groups is 2. The minimum Gasteiger partial charge on any atom is -0.467 e. The number of hydrogen-bond donors (Lipinski definition) is 0. The Balaban J connectivity index is 1.70. The fraction of sp³-hybridized carbons (Fsp3) is 0.238. The SMILES string of the molecule is Cc1ccccc1C(=O)OCC(=O)c1cc(C)n(Cc2ccco2)c1C. The molecular weight excluding hydrogens is 330 g/mol. The van der Waals surface area contributed by atoms with E-state index in [2.05, 4.69) is 0 Å². The van der Waals surface area contributed by atoms with Crippen LogP contribution in [-0.4, -0.2) is 22.9 Å². The van der Waals surface area contributed by atoms with E-state index in [0.29, 0.717) is 17.7 Å². The van der Waals surface area contributed by atoms with E-state index in [4.69, 9.17) is 9.15 Å². The minimum atomic E-state index is -0.485. The first-order valence-electron chi connectivity index (χ1n) is 8.42. The van der Waals surface area contributed by atoms with Crippen molar-refractivity contribution in [3.63, 3.8) is 0 Å². The van der Waals surface area contributed by atoms with Gasteiger partial charge in [0, 0.05) is 17.0 Å². The first-order valence-corrected chi connectivity index (χ1v) is 8.42. The Morgan fingerprint density at radius 3 is 2.50 bits per heavy atom. The number of aromatic nitrogens is 1. The van der Waals surface area contributed by atoms with Gasteiger partial charge in [0.2, 0.25) is 5.78 Å². The molecule has 0 saturated carbocycles. The van der Waals surface area contributed by atoms with Crippen molar-refractivity contribution in [3.8, 4) is 0 Å². The highest BCUT2D eigenvalue weighted by molar-refractivity contribution is 6.00. The molecule has 2 aromatic heterocycles. The lowest BCUT2D eigenvalue weighted by Gasteiger charge is -2.08. The molecule has 3 aromatic rings. The van der Waals surface area contributed by atoms with Crippen LogP contribution < -0.4 is 0 Å². The standard InChI is InChI=1S/C21H21NO4/c1-14-7-4-5-9-18(14)21(24)26-13-20(23)19-11-15(2)22(16(19)3)12-17-8-6-10-25-17/h4-11H,12-13H2,1-3H3. The predicted octanol–water partition coefficient (Wildman–Crippen LogP) is 4.09. The van der Waals surface area contributed by atoms with Gasteiger partial charge in [0.1, 0.15) is 5.76 Å². The second-order valence-corrected chi connectivity index (χ2v) is 6.26. The molecule has 5 heteroatoms. The average Bonchev–Trinajstić information content (AvgIpc) is 3.23. The van der Waals surface area contributed by atoms with Gasteiger partial charge in [-0.15, -0.1) is 0 Å². The van der Waals surface area contributed by atoms with Crippen LogP contribution in [0.2, 0.25) is 0 Å². The molecule has 0 aliphatic carbocycles. The number of esters is 1.